The quantitative estimate of drug-likeness (QED) is 0.514. The summed E-state index contributed by atoms with van der Waals surface area (Å²) in [6.07, 6.45) is 3.36. The summed E-state index contributed by atoms with van der Waals surface area (Å²) < 4.78 is 0. The minimum atomic E-state index is -0.0295. The first kappa shape index (κ1) is 6.21. The highest BCUT2D eigenvalue weighted by molar-refractivity contribution is 5.73. The van der Waals surface area contributed by atoms with E-state index in [-0.39, 0.29) is 5.91 Å². The summed E-state index contributed by atoms with van der Waals surface area (Å²) in [5, 5.41) is 2.48. The van der Waals surface area contributed by atoms with Crippen LogP contribution in [0.3, 0.4) is 0 Å². The summed E-state index contributed by atoms with van der Waals surface area (Å²) in [5.74, 6) is -0.0295. The SMILES string of the molecule is C/C=C\NC(C)=O. The van der Waals surface area contributed by atoms with Crippen LogP contribution in [0, 0.1) is 0 Å². The van der Waals surface area contributed by atoms with Crippen LogP contribution in [-0.4, -0.2) is 5.91 Å². The molecule has 0 saturated carbocycles. The van der Waals surface area contributed by atoms with E-state index >= 15 is 0 Å². The van der Waals surface area contributed by atoms with E-state index in [9.17, 15) is 4.79 Å². The zero-order valence-corrected chi connectivity index (χ0v) is 4.56. The average molecular weight is 99.1 g/mol. The lowest BCUT2D eigenvalue weighted by Gasteiger charge is -1.85. The van der Waals surface area contributed by atoms with Gasteiger partial charge in [-0.1, -0.05) is 6.08 Å². The molecule has 7 heavy (non-hydrogen) atoms. The molecule has 0 aromatic carbocycles. The molecule has 0 rings (SSSR count). The largest absolute Gasteiger partial charge is 0.333 e. The molecule has 0 heterocycles. The van der Waals surface area contributed by atoms with E-state index in [2.05, 4.69) is 5.32 Å². The summed E-state index contributed by atoms with van der Waals surface area (Å²) >= 11 is 0. The normalized spacial score (nSPS) is 9.43. The van der Waals surface area contributed by atoms with Gasteiger partial charge < -0.3 is 5.32 Å². The van der Waals surface area contributed by atoms with Crippen molar-refractivity contribution < 1.29 is 4.79 Å². The summed E-state index contributed by atoms with van der Waals surface area (Å²) in [6.45, 7) is 3.32. The molecule has 0 aliphatic rings. The van der Waals surface area contributed by atoms with Crippen molar-refractivity contribution in [1.29, 1.82) is 0 Å². The predicted molar refractivity (Wildman–Crippen MR) is 28.6 cm³/mol. The van der Waals surface area contributed by atoms with Crippen molar-refractivity contribution >= 4 is 5.91 Å². The van der Waals surface area contributed by atoms with Gasteiger partial charge in [0.25, 0.3) is 0 Å². The van der Waals surface area contributed by atoms with E-state index in [4.69, 9.17) is 0 Å². The first-order valence-corrected chi connectivity index (χ1v) is 2.15. The Morgan fingerprint density at radius 2 is 2.29 bits per heavy atom. The molecule has 2 nitrogen and oxygen atoms in total. The molecule has 0 aliphatic heterocycles. The Hall–Kier alpha value is -0.790. The molecule has 40 valence electrons. The lowest BCUT2D eigenvalue weighted by Crippen LogP contribution is -2.10. The van der Waals surface area contributed by atoms with Crippen LogP contribution < -0.4 is 5.32 Å². The highest BCUT2D eigenvalue weighted by Crippen LogP contribution is 1.61. The summed E-state index contributed by atoms with van der Waals surface area (Å²) in [5.41, 5.74) is 0. The molecule has 0 unspecified atom stereocenters. The van der Waals surface area contributed by atoms with Gasteiger partial charge in [0.05, 0.1) is 0 Å². The van der Waals surface area contributed by atoms with Gasteiger partial charge in [0.2, 0.25) is 5.91 Å². The fourth-order valence-corrected chi connectivity index (χ4v) is 0.201. The molecular formula is C5H9NO. The van der Waals surface area contributed by atoms with Gasteiger partial charge in [0.1, 0.15) is 0 Å². The summed E-state index contributed by atoms with van der Waals surface area (Å²) in [7, 11) is 0. The fraction of sp³-hybridized carbons (Fsp3) is 0.400. The van der Waals surface area contributed by atoms with Gasteiger partial charge in [-0.25, -0.2) is 0 Å². The smallest absolute Gasteiger partial charge is 0.220 e. The topological polar surface area (TPSA) is 29.1 Å². The molecular weight excluding hydrogens is 90.1 g/mol. The fourth-order valence-electron chi connectivity index (χ4n) is 0.201. The zero-order valence-electron chi connectivity index (χ0n) is 4.56. The van der Waals surface area contributed by atoms with Gasteiger partial charge in [-0.3, -0.25) is 4.79 Å². The average Bonchev–Trinajstić information content (AvgIpc) is 1.61. The van der Waals surface area contributed by atoms with Crippen LogP contribution in [0.5, 0.6) is 0 Å². The van der Waals surface area contributed by atoms with Crippen molar-refractivity contribution in [3.63, 3.8) is 0 Å². The highest BCUT2D eigenvalue weighted by atomic mass is 16.1. The molecule has 0 fully saturated rings. The van der Waals surface area contributed by atoms with E-state index in [1.54, 1.807) is 12.3 Å². The van der Waals surface area contributed by atoms with Crippen LogP contribution in [-0.2, 0) is 4.79 Å². The Kier molecular flexibility index (Phi) is 3.02. The molecule has 0 aliphatic carbocycles. The number of nitrogens with one attached hydrogen (secondary N) is 1. The summed E-state index contributed by atoms with van der Waals surface area (Å²) in [6, 6.07) is 0. The van der Waals surface area contributed by atoms with Crippen molar-refractivity contribution in [3.8, 4) is 0 Å². The van der Waals surface area contributed by atoms with Crippen molar-refractivity contribution in [2.24, 2.45) is 0 Å². The monoisotopic (exact) mass is 99.1 g/mol. The second kappa shape index (κ2) is 3.40. The Morgan fingerprint density at radius 1 is 1.71 bits per heavy atom. The van der Waals surface area contributed by atoms with Crippen molar-refractivity contribution in [1.82, 2.24) is 5.32 Å². The van der Waals surface area contributed by atoms with Gasteiger partial charge in [-0.2, -0.15) is 0 Å². The Bertz CT molecular complexity index is 86.1. The zero-order chi connectivity index (χ0) is 5.70. The summed E-state index contributed by atoms with van der Waals surface area (Å²) in [4.78, 5) is 10.0. The van der Waals surface area contributed by atoms with Gasteiger partial charge in [-0.15, -0.1) is 0 Å². The van der Waals surface area contributed by atoms with Crippen LogP contribution in [0.2, 0.25) is 0 Å². The Balaban J connectivity index is 3.14. The number of allylic oxidation sites excluding steroid dienone is 1. The Morgan fingerprint density at radius 3 is 2.43 bits per heavy atom. The molecule has 0 bridgehead atoms. The molecule has 0 spiro atoms. The van der Waals surface area contributed by atoms with Gasteiger partial charge in [-0.05, 0) is 13.1 Å². The minimum Gasteiger partial charge on any atom is -0.333 e. The van der Waals surface area contributed by atoms with Crippen LogP contribution in [0.4, 0.5) is 0 Å². The van der Waals surface area contributed by atoms with Gasteiger partial charge in [0.15, 0.2) is 0 Å². The van der Waals surface area contributed by atoms with Crippen molar-refractivity contribution in [2.45, 2.75) is 13.8 Å². The second-order valence-corrected chi connectivity index (χ2v) is 1.20. The molecule has 0 aromatic heterocycles. The van der Waals surface area contributed by atoms with Crippen LogP contribution in [0.25, 0.3) is 0 Å². The number of hydrogen-bond donors (Lipinski definition) is 1. The number of carbonyl (C=O) groups is 1. The molecule has 1 amide bonds. The third-order valence-corrected chi connectivity index (χ3v) is 0.453. The van der Waals surface area contributed by atoms with E-state index in [1.807, 2.05) is 6.92 Å². The standard InChI is InChI=1S/C5H9NO/c1-3-4-6-5(2)7/h3-4H,1-2H3,(H,6,7)/b4-3-. The maximum atomic E-state index is 10.0. The number of carbonyl (C=O) groups excluding carboxylic acids is 1. The highest BCUT2D eigenvalue weighted by Gasteiger charge is 1.77. The van der Waals surface area contributed by atoms with E-state index in [0.717, 1.165) is 0 Å². The van der Waals surface area contributed by atoms with Crippen LogP contribution in [0.1, 0.15) is 13.8 Å². The maximum Gasteiger partial charge on any atom is 0.220 e. The Labute approximate surface area is 43.2 Å². The number of rotatable bonds is 1. The molecule has 1 N–H and O–H groups in total. The minimum absolute atomic E-state index is 0.0295. The van der Waals surface area contributed by atoms with Gasteiger partial charge in [0, 0.05) is 6.92 Å². The van der Waals surface area contributed by atoms with E-state index in [0.29, 0.717) is 0 Å². The van der Waals surface area contributed by atoms with Gasteiger partial charge >= 0.3 is 0 Å². The first-order valence-electron chi connectivity index (χ1n) is 2.15. The molecule has 0 saturated heterocycles. The lowest BCUT2D eigenvalue weighted by molar-refractivity contribution is -0.118. The third-order valence-electron chi connectivity index (χ3n) is 0.453. The van der Waals surface area contributed by atoms with E-state index < -0.39 is 0 Å². The molecule has 0 aromatic rings. The molecule has 0 atom stereocenters. The number of hydrogen-bond acceptors (Lipinski definition) is 1. The lowest BCUT2D eigenvalue weighted by atomic mass is 10.6. The van der Waals surface area contributed by atoms with Crippen LogP contribution >= 0.6 is 0 Å². The van der Waals surface area contributed by atoms with Crippen LogP contribution in [0.15, 0.2) is 12.3 Å². The first-order chi connectivity index (χ1) is 3.27. The van der Waals surface area contributed by atoms with E-state index in [1.165, 1.54) is 6.92 Å². The number of amides is 1. The third kappa shape index (κ3) is 5.21. The molecule has 0 radical (unpaired) electrons. The maximum absolute atomic E-state index is 10.0. The predicted octanol–water partition coefficient (Wildman–Crippen LogP) is 0.656. The molecule has 2 heteroatoms. The van der Waals surface area contributed by atoms with Crippen molar-refractivity contribution in [3.05, 3.63) is 12.3 Å². The van der Waals surface area contributed by atoms with Crippen molar-refractivity contribution in [2.75, 3.05) is 0 Å². The second-order valence-electron chi connectivity index (χ2n) is 1.20.